The van der Waals surface area contributed by atoms with Crippen molar-refractivity contribution >= 4 is 29.3 Å². The summed E-state index contributed by atoms with van der Waals surface area (Å²) >= 11 is 6.89. The van der Waals surface area contributed by atoms with Gasteiger partial charge >= 0.3 is 0 Å². The summed E-state index contributed by atoms with van der Waals surface area (Å²) in [6.45, 7) is 2.16. The second-order valence-corrected chi connectivity index (χ2v) is 4.25. The van der Waals surface area contributed by atoms with Crippen molar-refractivity contribution in [2.45, 2.75) is 12.8 Å². The van der Waals surface area contributed by atoms with Crippen molar-refractivity contribution in [1.82, 2.24) is 4.98 Å². The van der Waals surface area contributed by atoms with Crippen LogP contribution in [0.15, 0.2) is 24.4 Å². The molecule has 0 saturated carbocycles. The lowest BCUT2D eigenvalue weighted by atomic mass is 10.1. The molecule has 0 N–H and O–H groups in total. The Bertz CT molecular complexity index is 248. The average Bonchev–Trinajstić information content (AvgIpc) is 2.21. The van der Waals surface area contributed by atoms with E-state index in [1.165, 1.54) is 0 Å². The molecule has 0 radical (unpaired) electrons. The first kappa shape index (κ1) is 10.7. The predicted molar refractivity (Wildman–Crippen MR) is 63.6 cm³/mol. The van der Waals surface area contributed by atoms with Crippen LogP contribution in [0.2, 0.25) is 0 Å². The number of nitrogens with zero attached hydrogens (tertiary/aromatic N) is 1. The second-order valence-electron chi connectivity index (χ2n) is 2.66. The molecular formula is C10H13NS2. The number of pyridine rings is 1. The molecule has 0 bridgehead atoms. The number of thioether (sulfide) groups is 1. The van der Waals surface area contributed by atoms with Crippen molar-refractivity contribution in [3.05, 3.63) is 30.1 Å². The van der Waals surface area contributed by atoms with E-state index in [0.717, 1.165) is 17.2 Å². The molecule has 0 aliphatic carbocycles. The maximum atomic E-state index is 4.99. The molecule has 1 atom stereocenters. The highest BCUT2D eigenvalue weighted by molar-refractivity contribution is 7.99. The molecule has 1 rings (SSSR count). The smallest absolute Gasteiger partial charge is 0.0489 e. The van der Waals surface area contributed by atoms with Crippen molar-refractivity contribution in [2.75, 3.05) is 11.5 Å². The Labute approximate surface area is 89.0 Å². The fraction of sp³-hybridized carbons (Fsp3) is 0.400. The molecule has 0 aliphatic heterocycles. The standard InChI is InChI=1S/C10H13NS2/c1-2-13-8-9(7-12)10-5-3-4-6-11-10/h3-7,9H,2,8H2,1H3. The van der Waals surface area contributed by atoms with Crippen molar-refractivity contribution in [2.24, 2.45) is 0 Å². The minimum Gasteiger partial charge on any atom is -0.261 e. The molecule has 0 spiro atoms. The monoisotopic (exact) mass is 211 g/mol. The van der Waals surface area contributed by atoms with Crippen LogP contribution in [-0.2, 0) is 0 Å². The highest BCUT2D eigenvalue weighted by atomic mass is 32.2. The number of aromatic nitrogens is 1. The van der Waals surface area contributed by atoms with Gasteiger partial charge in [-0.2, -0.15) is 11.8 Å². The summed E-state index contributed by atoms with van der Waals surface area (Å²) in [5.74, 6) is 2.49. The molecule has 1 aromatic heterocycles. The summed E-state index contributed by atoms with van der Waals surface area (Å²) < 4.78 is 0. The van der Waals surface area contributed by atoms with E-state index in [-0.39, 0.29) is 0 Å². The van der Waals surface area contributed by atoms with E-state index < -0.39 is 0 Å². The maximum absolute atomic E-state index is 4.99. The minimum atomic E-state index is 0.321. The van der Waals surface area contributed by atoms with Gasteiger partial charge in [-0.25, -0.2) is 0 Å². The van der Waals surface area contributed by atoms with Crippen LogP contribution in [0.1, 0.15) is 18.5 Å². The topological polar surface area (TPSA) is 12.9 Å². The SMILES string of the molecule is CCSCC(C=S)c1ccccn1. The van der Waals surface area contributed by atoms with Gasteiger partial charge in [-0.05, 0) is 23.3 Å². The number of rotatable bonds is 5. The minimum absolute atomic E-state index is 0.321. The Morgan fingerprint density at radius 2 is 2.46 bits per heavy atom. The molecule has 70 valence electrons. The lowest BCUT2D eigenvalue weighted by Crippen LogP contribution is -2.04. The molecule has 0 aliphatic rings. The lowest BCUT2D eigenvalue weighted by molar-refractivity contribution is 0.989. The van der Waals surface area contributed by atoms with E-state index in [2.05, 4.69) is 11.9 Å². The second kappa shape index (κ2) is 6.11. The zero-order chi connectivity index (χ0) is 9.52. The fourth-order valence-corrected chi connectivity index (χ4v) is 2.15. The molecule has 0 amide bonds. The molecular weight excluding hydrogens is 198 g/mol. The summed E-state index contributed by atoms with van der Waals surface area (Å²) in [5, 5.41) is 1.81. The summed E-state index contributed by atoms with van der Waals surface area (Å²) in [5.41, 5.74) is 1.08. The Kier molecular flexibility index (Phi) is 5.01. The molecule has 0 aromatic carbocycles. The van der Waals surface area contributed by atoms with Crippen LogP contribution in [0.25, 0.3) is 0 Å². The van der Waals surface area contributed by atoms with Crippen molar-refractivity contribution in [1.29, 1.82) is 0 Å². The van der Waals surface area contributed by atoms with E-state index in [4.69, 9.17) is 12.2 Å². The van der Waals surface area contributed by atoms with Gasteiger partial charge in [-0.1, -0.05) is 25.2 Å². The molecule has 1 heterocycles. The summed E-state index contributed by atoms with van der Waals surface area (Å²) in [4.78, 5) is 4.29. The van der Waals surface area contributed by atoms with Crippen LogP contribution in [0, 0.1) is 0 Å². The quantitative estimate of drug-likeness (QED) is 0.695. The maximum Gasteiger partial charge on any atom is 0.0489 e. The Balaban J connectivity index is 2.61. The van der Waals surface area contributed by atoms with Gasteiger partial charge in [0.15, 0.2) is 0 Å². The third-order valence-electron chi connectivity index (χ3n) is 1.73. The zero-order valence-corrected chi connectivity index (χ0v) is 9.28. The molecule has 3 heteroatoms. The molecule has 0 saturated heterocycles. The van der Waals surface area contributed by atoms with E-state index in [9.17, 15) is 0 Å². The third-order valence-corrected chi connectivity index (χ3v) is 3.07. The van der Waals surface area contributed by atoms with Crippen LogP contribution in [0.4, 0.5) is 0 Å². The third kappa shape index (κ3) is 3.44. The van der Waals surface area contributed by atoms with Gasteiger partial charge in [0.1, 0.15) is 0 Å². The predicted octanol–water partition coefficient (Wildman–Crippen LogP) is 2.92. The first-order valence-corrected chi connectivity index (χ1v) is 5.95. The number of thiocarbonyl (C=S) groups is 1. The van der Waals surface area contributed by atoms with Crippen LogP contribution in [-0.4, -0.2) is 21.9 Å². The molecule has 1 nitrogen and oxygen atoms in total. The van der Waals surface area contributed by atoms with Crippen LogP contribution in [0.5, 0.6) is 0 Å². The molecule has 0 fully saturated rings. The summed E-state index contributed by atoms with van der Waals surface area (Å²) in [6, 6.07) is 5.96. The highest BCUT2D eigenvalue weighted by Gasteiger charge is 2.07. The molecule has 1 aromatic rings. The van der Waals surface area contributed by atoms with Gasteiger partial charge in [-0.3, -0.25) is 4.98 Å². The Morgan fingerprint density at radius 3 is 3.00 bits per heavy atom. The van der Waals surface area contributed by atoms with E-state index >= 15 is 0 Å². The van der Waals surface area contributed by atoms with E-state index in [1.54, 1.807) is 0 Å². The molecule has 1 unspecified atom stereocenters. The summed E-state index contributed by atoms with van der Waals surface area (Å²) in [6.07, 6.45) is 1.82. The van der Waals surface area contributed by atoms with Crippen molar-refractivity contribution in [3.63, 3.8) is 0 Å². The van der Waals surface area contributed by atoms with Crippen LogP contribution in [0.3, 0.4) is 0 Å². The van der Waals surface area contributed by atoms with E-state index in [0.29, 0.717) is 5.92 Å². The van der Waals surface area contributed by atoms with Gasteiger partial charge in [0, 0.05) is 23.6 Å². The number of hydrogen-bond acceptors (Lipinski definition) is 3. The van der Waals surface area contributed by atoms with Gasteiger partial charge in [0.2, 0.25) is 0 Å². The number of hydrogen-bond donors (Lipinski definition) is 0. The van der Waals surface area contributed by atoms with Gasteiger partial charge in [-0.15, -0.1) is 0 Å². The van der Waals surface area contributed by atoms with Crippen molar-refractivity contribution in [3.8, 4) is 0 Å². The Hall–Kier alpha value is -0.410. The first-order valence-electron chi connectivity index (χ1n) is 4.32. The summed E-state index contributed by atoms with van der Waals surface area (Å²) in [7, 11) is 0. The van der Waals surface area contributed by atoms with Gasteiger partial charge < -0.3 is 0 Å². The van der Waals surface area contributed by atoms with Crippen LogP contribution >= 0.6 is 24.0 Å². The van der Waals surface area contributed by atoms with Crippen LogP contribution < -0.4 is 0 Å². The average molecular weight is 211 g/mol. The molecule has 13 heavy (non-hydrogen) atoms. The fourth-order valence-electron chi connectivity index (χ4n) is 1.03. The highest BCUT2D eigenvalue weighted by Crippen LogP contribution is 2.16. The normalized spacial score (nSPS) is 12.4. The largest absolute Gasteiger partial charge is 0.261 e. The Morgan fingerprint density at radius 1 is 1.62 bits per heavy atom. The zero-order valence-electron chi connectivity index (χ0n) is 7.64. The van der Waals surface area contributed by atoms with Gasteiger partial charge in [0.25, 0.3) is 0 Å². The van der Waals surface area contributed by atoms with E-state index in [1.807, 2.05) is 41.5 Å². The first-order chi connectivity index (χ1) is 6.38. The van der Waals surface area contributed by atoms with Gasteiger partial charge in [0.05, 0.1) is 0 Å². The van der Waals surface area contributed by atoms with Crippen molar-refractivity contribution < 1.29 is 0 Å². The lowest BCUT2D eigenvalue weighted by Gasteiger charge is -2.09.